The maximum atomic E-state index is 10.8. The van der Waals surface area contributed by atoms with Crippen LogP contribution in [0.3, 0.4) is 0 Å². The van der Waals surface area contributed by atoms with Crippen LogP contribution in [-0.2, 0) is 6.54 Å². The lowest BCUT2D eigenvalue weighted by Gasteiger charge is -2.05. The number of pyridine rings is 1. The number of fused-ring (bicyclic) bond motifs is 1. The van der Waals surface area contributed by atoms with Crippen LogP contribution in [0.4, 0.5) is 0 Å². The van der Waals surface area contributed by atoms with Gasteiger partial charge < -0.3 is 4.57 Å². The van der Waals surface area contributed by atoms with Crippen molar-refractivity contribution in [2.24, 2.45) is 0 Å². The number of carbonyl (C=O) groups is 1. The van der Waals surface area contributed by atoms with Crippen LogP contribution in [0.25, 0.3) is 10.9 Å². The van der Waals surface area contributed by atoms with Gasteiger partial charge in [0.25, 0.3) is 0 Å². The molecule has 0 spiro atoms. The molecular formula is C14H11N3O. The smallest absolute Gasteiger partial charge is 0.185 e. The second kappa shape index (κ2) is 4.41. The Labute approximate surface area is 104 Å². The summed E-state index contributed by atoms with van der Waals surface area (Å²) in [5.41, 5.74) is 1.87. The quantitative estimate of drug-likeness (QED) is 0.657. The molecule has 4 heteroatoms. The second-order valence-corrected chi connectivity index (χ2v) is 4.03. The van der Waals surface area contributed by atoms with E-state index >= 15 is 0 Å². The monoisotopic (exact) mass is 237 g/mol. The van der Waals surface area contributed by atoms with E-state index in [0.29, 0.717) is 12.4 Å². The zero-order valence-electron chi connectivity index (χ0n) is 9.65. The highest BCUT2D eigenvalue weighted by Crippen LogP contribution is 2.12. The molecule has 0 saturated heterocycles. The number of carbonyl (C=O) groups excluding carboxylic acids is 1. The van der Waals surface area contributed by atoms with E-state index in [0.717, 1.165) is 22.9 Å². The summed E-state index contributed by atoms with van der Waals surface area (Å²) < 4.78 is 1.78. The number of benzene rings is 1. The van der Waals surface area contributed by atoms with Gasteiger partial charge in [0.05, 0.1) is 17.8 Å². The first-order valence-corrected chi connectivity index (χ1v) is 5.68. The molecule has 0 aliphatic carbocycles. The van der Waals surface area contributed by atoms with E-state index in [2.05, 4.69) is 9.97 Å². The molecule has 0 unspecified atom stereocenters. The summed E-state index contributed by atoms with van der Waals surface area (Å²) in [7, 11) is 0. The van der Waals surface area contributed by atoms with Gasteiger partial charge >= 0.3 is 0 Å². The van der Waals surface area contributed by atoms with Gasteiger partial charge in [-0.1, -0.05) is 24.3 Å². The summed E-state index contributed by atoms with van der Waals surface area (Å²) in [5.74, 6) is 0.421. The minimum absolute atomic E-state index is 0.421. The molecule has 0 aliphatic heterocycles. The summed E-state index contributed by atoms with van der Waals surface area (Å²) in [6, 6.07) is 12.0. The molecule has 0 fully saturated rings. The lowest BCUT2D eigenvalue weighted by molar-refractivity contribution is 0.111. The van der Waals surface area contributed by atoms with E-state index in [4.69, 9.17) is 0 Å². The van der Waals surface area contributed by atoms with Crippen molar-refractivity contribution < 1.29 is 4.79 Å². The molecule has 0 N–H and O–H groups in total. The molecule has 0 amide bonds. The number of aldehydes is 1. The van der Waals surface area contributed by atoms with Crippen molar-refractivity contribution in [1.82, 2.24) is 14.5 Å². The molecule has 4 nitrogen and oxygen atoms in total. The maximum absolute atomic E-state index is 10.8. The Balaban J connectivity index is 1.97. The normalized spacial score (nSPS) is 10.7. The van der Waals surface area contributed by atoms with Crippen LogP contribution in [0.5, 0.6) is 0 Å². The average molecular weight is 237 g/mol. The highest BCUT2D eigenvalue weighted by molar-refractivity contribution is 5.78. The average Bonchev–Trinajstić information content (AvgIpc) is 2.86. The minimum Gasteiger partial charge on any atom is -0.323 e. The third kappa shape index (κ3) is 1.88. The number of hydrogen-bond acceptors (Lipinski definition) is 3. The topological polar surface area (TPSA) is 47.8 Å². The second-order valence-electron chi connectivity index (χ2n) is 4.03. The molecule has 0 radical (unpaired) electrons. The molecule has 3 rings (SSSR count). The zero-order valence-corrected chi connectivity index (χ0v) is 9.65. The predicted molar refractivity (Wildman–Crippen MR) is 68.5 cm³/mol. The van der Waals surface area contributed by atoms with Crippen molar-refractivity contribution in [3.8, 4) is 0 Å². The van der Waals surface area contributed by atoms with Crippen molar-refractivity contribution in [1.29, 1.82) is 0 Å². The van der Waals surface area contributed by atoms with Crippen molar-refractivity contribution in [2.75, 3.05) is 0 Å². The standard InChI is InChI=1S/C14H11N3O/c18-10-14-15-7-8-17(14)9-12-6-5-11-3-1-2-4-13(11)16-12/h1-8,10H,9H2. The Morgan fingerprint density at radius 2 is 2.06 bits per heavy atom. The molecule has 0 aliphatic rings. The number of imidazole rings is 1. The van der Waals surface area contributed by atoms with Crippen molar-refractivity contribution in [3.05, 3.63) is 60.3 Å². The lowest BCUT2D eigenvalue weighted by Crippen LogP contribution is -2.04. The van der Waals surface area contributed by atoms with Crippen LogP contribution in [0.1, 0.15) is 16.3 Å². The van der Waals surface area contributed by atoms with Gasteiger partial charge in [-0.05, 0) is 12.1 Å². The first-order chi connectivity index (χ1) is 8.86. The molecule has 1 aromatic carbocycles. The fourth-order valence-electron chi connectivity index (χ4n) is 1.94. The number of para-hydroxylation sites is 1. The Bertz CT molecular complexity index is 703. The molecule has 88 valence electrons. The first kappa shape index (κ1) is 10.7. The van der Waals surface area contributed by atoms with Gasteiger partial charge in [-0.2, -0.15) is 0 Å². The van der Waals surface area contributed by atoms with Crippen LogP contribution in [0, 0.1) is 0 Å². The third-order valence-electron chi connectivity index (χ3n) is 2.84. The molecule has 2 aromatic heterocycles. The molecule has 0 bridgehead atoms. The minimum atomic E-state index is 0.421. The number of nitrogens with zero attached hydrogens (tertiary/aromatic N) is 3. The van der Waals surface area contributed by atoms with E-state index < -0.39 is 0 Å². The highest BCUT2D eigenvalue weighted by atomic mass is 16.1. The van der Waals surface area contributed by atoms with Gasteiger partial charge in [-0.3, -0.25) is 9.78 Å². The van der Waals surface area contributed by atoms with Crippen LogP contribution in [0.15, 0.2) is 48.8 Å². The SMILES string of the molecule is O=Cc1nccn1Cc1ccc2ccccc2n1. The van der Waals surface area contributed by atoms with Gasteiger partial charge in [-0.15, -0.1) is 0 Å². The lowest BCUT2D eigenvalue weighted by atomic mass is 10.2. The van der Waals surface area contributed by atoms with Crippen LogP contribution < -0.4 is 0 Å². The van der Waals surface area contributed by atoms with E-state index in [9.17, 15) is 4.79 Å². The molecular weight excluding hydrogens is 226 g/mol. The Morgan fingerprint density at radius 1 is 1.17 bits per heavy atom. The summed E-state index contributed by atoms with van der Waals surface area (Å²) in [4.78, 5) is 19.3. The van der Waals surface area contributed by atoms with E-state index in [1.807, 2.05) is 36.4 Å². The Hall–Kier alpha value is -2.49. The van der Waals surface area contributed by atoms with Gasteiger partial charge in [0.15, 0.2) is 12.1 Å². The van der Waals surface area contributed by atoms with Crippen molar-refractivity contribution in [3.63, 3.8) is 0 Å². The molecule has 0 saturated carbocycles. The maximum Gasteiger partial charge on any atom is 0.185 e. The van der Waals surface area contributed by atoms with Crippen molar-refractivity contribution in [2.45, 2.75) is 6.54 Å². The first-order valence-electron chi connectivity index (χ1n) is 5.68. The summed E-state index contributed by atoms with van der Waals surface area (Å²) in [5, 5.41) is 1.11. The summed E-state index contributed by atoms with van der Waals surface area (Å²) in [6.07, 6.45) is 4.15. The van der Waals surface area contributed by atoms with Crippen LogP contribution in [0.2, 0.25) is 0 Å². The zero-order chi connectivity index (χ0) is 12.4. The van der Waals surface area contributed by atoms with Crippen LogP contribution >= 0.6 is 0 Å². The number of rotatable bonds is 3. The number of aromatic nitrogens is 3. The van der Waals surface area contributed by atoms with Gasteiger partial charge in [0.2, 0.25) is 0 Å². The fraction of sp³-hybridized carbons (Fsp3) is 0.0714. The van der Waals surface area contributed by atoms with E-state index in [1.165, 1.54) is 0 Å². The largest absolute Gasteiger partial charge is 0.323 e. The van der Waals surface area contributed by atoms with Crippen LogP contribution in [-0.4, -0.2) is 20.8 Å². The van der Waals surface area contributed by atoms with Gasteiger partial charge in [-0.25, -0.2) is 4.98 Å². The predicted octanol–water partition coefficient (Wildman–Crippen LogP) is 2.29. The number of hydrogen-bond donors (Lipinski definition) is 0. The highest BCUT2D eigenvalue weighted by Gasteiger charge is 2.03. The van der Waals surface area contributed by atoms with Gasteiger partial charge in [0, 0.05) is 17.8 Å². The molecule has 2 heterocycles. The Kier molecular flexibility index (Phi) is 2.61. The summed E-state index contributed by atoms with van der Waals surface area (Å²) in [6.45, 7) is 0.554. The Morgan fingerprint density at radius 3 is 2.94 bits per heavy atom. The van der Waals surface area contributed by atoms with E-state index in [1.54, 1.807) is 17.0 Å². The molecule has 3 aromatic rings. The summed E-state index contributed by atoms with van der Waals surface area (Å²) >= 11 is 0. The van der Waals surface area contributed by atoms with E-state index in [-0.39, 0.29) is 0 Å². The fourth-order valence-corrected chi connectivity index (χ4v) is 1.94. The molecule has 0 atom stereocenters. The van der Waals surface area contributed by atoms with Gasteiger partial charge in [0.1, 0.15) is 0 Å². The molecule has 18 heavy (non-hydrogen) atoms. The third-order valence-corrected chi connectivity index (χ3v) is 2.84. The van der Waals surface area contributed by atoms with Crippen molar-refractivity contribution >= 4 is 17.2 Å².